The van der Waals surface area contributed by atoms with Crippen molar-refractivity contribution in [3.8, 4) is 11.1 Å². The summed E-state index contributed by atoms with van der Waals surface area (Å²) in [7, 11) is -2.94. The minimum absolute atomic E-state index is 0.0229. The Bertz CT molecular complexity index is 1460. The van der Waals surface area contributed by atoms with Gasteiger partial charge in [0.2, 0.25) is 0 Å². The minimum Gasteiger partial charge on any atom is -0.383 e. The maximum atomic E-state index is 15.3. The smallest absolute Gasteiger partial charge is 0.265 e. The minimum atomic E-state index is -4.63. The Morgan fingerprint density at radius 3 is 2.58 bits per heavy atom. The molecule has 0 bridgehead atoms. The van der Waals surface area contributed by atoms with Gasteiger partial charge in [0, 0.05) is 24.4 Å². The van der Waals surface area contributed by atoms with Crippen LogP contribution >= 0.6 is 15.9 Å². The number of rotatable bonds is 4. The molecule has 0 spiro atoms. The van der Waals surface area contributed by atoms with Crippen LogP contribution in [0.5, 0.6) is 0 Å². The number of nitrogens with one attached hydrogen (secondary N) is 1. The third-order valence-electron chi connectivity index (χ3n) is 4.58. The van der Waals surface area contributed by atoms with Crippen molar-refractivity contribution >= 4 is 48.5 Å². The van der Waals surface area contributed by atoms with E-state index < -0.39 is 38.1 Å². The molecule has 0 unspecified atom stereocenters. The van der Waals surface area contributed by atoms with Gasteiger partial charge < -0.3 is 10.3 Å². The lowest BCUT2D eigenvalue weighted by Crippen LogP contribution is -2.16. The number of nitrogens with two attached hydrogens (primary N) is 1. The molecule has 0 aliphatic carbocycles. The maximum Gasteiger partial charge on any atom is 0.265 e. The van der Waals surface area contributed by atoms with Gasteiger partial charge in [-0.15, -0.1) is 0 Å². The standard InChI is InChI=1S/C19H13BrF3N5O2S/c1-28-7-10(16-18(24)25-8-26-19(16)28)9-3-2-4-14(17(9)23)27-31(29,30)15-6-12(21)11(20)5-13(15)22/h2-8,27H,1H3,(H2,24,25,26). The summed E-state index contributed by atoms with van der Waals surface area (Å²) in [6, 6.07) is 5.18. The fourth-order valence-electron chi connectivity index (χ4n) is 3.17. The van der Waals surface area contributed by atoms with E-state index in [9.17, 15) is 17.2 Å². The number of hydrogen-bond acceptors (Lipinski definition) is 5. The Morgan fingerprint density at radius 2 is 1.84 bits per heavy atom. The quantitative estimate of drug-likeness (QED) is 0.399. The number of aryl methyl sites for hydroxylation is 1. The Hall–Kier alpha value is -3.12. The fraction of sp³-hybridized carbons (Fsp3) is 0.0526. The van der Waals surface area contributed by atoms with Gasteiger partial charge in [-0.3, -0.25) is 4.72 Å². The molecule has 0 aliphatic rings. The molecule has 2 aromatic heterocycles. The number of anilines is 2. The Morgan fingerprint density at radius 1 is 1.10 bits per heavy atom. The summed E-state index contributed by atoms with van der Waals surface area (Å²) in [5.41, 5.74) is 6.31. The molecule has 31 heavy (non-hydrogen) atoms. The van der Waals surface area contributed by atoms with Crippen molar-refractivity contribution in [1.29, 1.82) is 0 Å². The zero-order valence-corrected chi connectivity index (χ0v) is 18.1. The highest BCUT2D eigenvalue weighted by Gasteiger charge is 2.24. The number of fused-ring (bicyclic) bond motifs is 1. The SMILES string of the molecule is Cn1cc(-c2cccc(NS(=O)(=O)c3cc(F)c(Br)cc3F)c2F)c2c(N)ncnc21. The molecule has 0 atom stereocenters. The molecule has 12 heteroatoms. The average molecular weight is 512 g/mol. The number of hydrogen-bond donors (Lipinski definition) is 2. The molecule has 0 fully saturated rings. The molecular formula is C19H13BrF3N5O2S. The summed E-state index contributed by atoms with van der Waals surface area (Å²) >= 11 is 2.78. The molecule has 4 aromatic rings. The highest BCUT2D eigenvalue weighted by atomic mass is 79.9. The van der Waals surface area contributed by atoms with Crippen LogP contribution in [-0.4, -0.2) is 23.0 Å². The van der Waals surface area contributed by atoms with E-state index in [-0.39, 0.29) is 15.9 Å². The van der Waals surface area contributed by atoms with Gasteiger partial charge in [-0.1, -0.05) is 12.1 Å². The van der Waals surface area contributed by atoms with Crippen LogP contribution in [0, 0.1) is 17.5 Å². The van der Waals surface area contributed by atoms with E-state index in [1.165, 1.54) is 18.5 Å². The first-order valence-corrected chi connectivity index (χ1v) is 10.9. The number of benzene rings is 2. The van der Waals surface area contributed by atoms with Crippen molar-refractivity contribution in [2.24, 2.45) is 7.05 Å². The van der Waals surface area contributed by atoms with Gasteiger partial charge in [0.25, 0.3) is 10.0 Å². The molecule has 0 saturated heterocycles. The predicted octanol–water partition coefficient (Wildman–Crippen LogP) is 4.20. The van der Waals surface area contributed by atoms with E-state index in [2.05, 4.69) is 25.9 Å². The number of aromatic nitrogens is 3. The van der Waals surface area contributed by atoms with Crippen molar-refractivity contribution in [3.63, 3.8) is 0 Å². The van der Waals surface area contributed by atoms with Gasteiger partial charge in [0.05, 0.1) is 15.5 Å². The summed E-state index contributed by atoms with van der Waals surface area (Å²) in [6.45, 7) is 0. The Labute approximate surface area is 182 Å². The van der Waals surface area contributed by atoms with E-state index in [1.807, 2.05) is 4.72 Å². The van der Waals surface area contributed by atoms with Gasteiger partial charge >= 0.3 is 0 Å². The van der Waals surface area contributed by atoms with E-state index in [0.29, 0.717) is 28.7 Å². The first-order chi connectivity index (χ1) is 14.6. The highest BCUT2D eigenvalue weighted by Crippen LogP contribution is 2.36. The van der Waals surface area contributed by atoms with E-state index in [4.69, 9.17) is 5.73 Å². The monoisotopic (exact) mass is 511 g/mol. The summed E-state index contributed by atoms with van der Waals surface area (Å²) in [4.78, 5) is 7.08. The van der Waals surface area contributed by atoms with E-state index >= 15 is 4.39 Å². The van der Waals surface area contributed by atoms with Crippen LogP contribution < -0.4 is 10.5 Å². The van der Waals surface area contributed by atoms with Crippen molar-refractivity contribution < 1.29 is 21.6 Å². The summed E-state index contributed by atoms with van der Waals surface area (Å²) in [5, 5.41) is 0.393. The van der Waals surface area contributed by atoms with Crippen molar-refractivity contribution in [2.75, 3.05) is 10.5 Å². The molecule has 2 heterocycles. The summed E-state index contributed by atoms with van der Waals surface area (Å²) in [6.07, 6.45) is 2.85. The zero-order chi connectivity index (χ0) is 22.5. The van der Waals surface area contributed by atoms with Crippen LogP contribution in [0.3, 0.4) is 0 Å². The van der Waals surface area contributed by atoms with Gasteiger partial charge in [-0.2, -0.15) is 0 Å². The molecule has 0 aliphatic heterocycles. The summed E-state index contributed by atoms with van der Waals surface area (Å²) < 4.78 is 71.8. The van der Waals surface area contributed by atoms with Crippen molar-refractivity contribution in [2.45, 2.75) is 4.90 Å². The van der Waals surface area contributed by atoms with E-state index in [1.54, 1.807) is 17.8 Å². The van der Waals surface area contributed by atoms with Crippen molar-refractivity contribution in [1.82, 2.24) is 14.5 Å². The zero-order valence-electron chi connectivity index (χ0n) is 15.7. The molecule has 0 amide bonds. The van der Waals surface area contributed by atoms with Gasteiger partial charge in [-0.25, -0.2) is 31.6 Å². The first-order valence-electron chi connectivity index (χ1n) is 8.62. The number of sulfonamides is 1. The maximum absolute atomic E-state index is 15.3. The molecule has 3 N–H and O–H groups in total. The van der Waals surface area contributed by atoms with Crippen molar-refractivity contribution in [3.05, 3.63) is 64.8 Å². The van der Waals surface area contributed by atoms with Crippen LogP contribution in [-0.2, 0) is 17.1 Å². The number of nitrogens with zero attached hydrogens (tertiary/aromatic N) is 3. The topological polar surface area (TPSA) is 103 Å². The molecule has 0 saturated carbocycles. The van der Waals surface area contributed by atoms with E-state index in [0.717, 1.165) is 6.07 Å². The lowest BCUT2D eigenvalue weighted by atomic mass is 10.0. The predicted molar refractivity (Wildman–Crippen MR) is 113 cm³/mol. The second-order valence-electron chi connectivity index (χ2n) is 6.58. The van der Waals surface area contributed by atoms with Crippen LogP contribution in [0.4, 0.5) is 24.7 Å². The second-order valence-corrected chi connectivity index (χ2v) is 9.09. The largest absolute Gasteiger partial charge is 0.383 e. The third kappa shape index (κ3) is 3.61. The molecule has 7 nitrogen and oxygen atoms in total. The van der Waals surface area contributed by atoms with Gasteiger partial charge in [0.1, 0.15) is 34.3 Å². The normalized spacial score (nSPS) is 11.8. The first kappa shape index (κ1) is 21.1. The van der Waals surface area contributed by atoms with Crippen LogP contribution in [0.15, 0.2) is 52.2 Å². The van der Waals surface area contributed by atoms with Gasteiger partial charge in [0.15, 0.2) is 5.82 Å². The molecule has 2 aromatic carbocycles. The number of halogens is 4. The van der Waals surface area contributed by atoms with Crippen LogP contribution in [0.2, 0.25) is 0 Å². The highest BCUT2D eigenvalue weighted by molar-refractivity contribution is 9.10. The second kappa shape index (κ2) is 7.54. The summed E-state index contributed by atoms with van der Waals surface area (Å²) in [5.74, 6) is -2.99. The lowest BCUT2D eigenvalue weighted by Gasteiger charge is -2.12. The molecule has 0 radical (unpaired) electrons. The molecular weight excluding hydrogens is 499 g/mol. The fourth-order valence-corrected chi connectivity index (χ4v) is 4.61. The number of nitrogen functional groups attached to an aromatic ring is 1. The van der Waals surface area contributed by atoms with Gasteiger partial charge in [-0.05, 0) is 34.1 Å². The third-order valence-corrected chi connectivity index (χ3v) is 6.57. The van der Waals surface area contributed by atoms with Crippen LogP contribution in [0.1, 0.15) is 0 Å². The Kier molecular flexibility index (Phi) is 5.13. The Balaban J connectivity index is 1.82. The average Bonchev–Trinajstić information content (AvgIpc) is 3.04. The molecule has 160 valence electrons. The van der Waals surface area contributed by atoms with Crippen LogP contribution in [0.25, 0.3) is 22.2 Å². The molecule has 4 rings (SSSR count). The lowest BCUT2D eigenvalue weighted by molar-refractivity contribution is 0.552.